The Morgan fingerprint density at radius 1 is 0.944 bits per heavy atom. The van der Waals surface area contributed by atoms with Gasteiger partial charge in [-0.25, -0.2) is 9.97 Å². The molecule has 0 saturated heterocycles. The van der Waals surface area contributed by atoms with Crippen LogP contribution in [0.15, 0.2) is 21.7 Å². The molecule has 0 aliphatic rings. The highest BCUT2D eigenvalue weighted by Crippen LogP contribution is 2.18. The van der Waals surface area contributed by atoms with E-state index in [4.69, 9.17) is 0 Å². The van der Waals surface area contributed by atoms with Crippen molar-refractivity contribution >= 4 is 21.8 Å². The molecule has 18 heavy (non-hydrogen) atoms. The lowest BCUT2D eigenvalue weighted by molar-refractivity contribution is 0.976. The lowest BCUT2D eigenvalue weighted by atomic mass is 10.1. The average Bonchev–Trinajstić information content (AvgIpc) is 2.35. The van der Waals surface area contributed by atoms with Gasteiger partial charge >= 0.3 is 0 Å². The Bertz CT molecular complexity index is 892. The topological polar surface area (TPSA) is 91.5 Å². The second-order valence-corrected chi connectivity index (χ2v) is 4.16. The maximum Gasteiger partial charge on any atom is 0.272 e. The predicted molar refractivity (Wildman–Crippen MR) is 67.8 cm³/mol. The van der Waals surface area contributed by atoms with E-state index < -0.39 is 0 Å². The first-order chi connectivity index (χ1) is 8.58. The highest BCUT2D eigenvalue weighted by Gasteiger charge is 2.10. The molecule has 0 saturated carbocycles. The van der Waals surface area contributed by atoms with E-state index in [1.807, 2.05) is 13.8 Å². The van der Waals surface area contributed by atoms with Gasteiger partial charge < -0.3 is 0 Å². The van der Waals surface area contributed by atoms with Crippen LogP contribution in [0.4, 0.5) is 0 Å². The van der Waals surface area contributed by atoms with Crippen molar-refractivity contribution < 1.29 is 0 Å². The van der Waals surface area contributed by atoms with E-state index in [0.717, 1.165) is 11.4 Å². The summed E-state index contributed by atoms with van der Waals surface area (Å²) in [4.78, 5) is 32.2. The molecule has 2 heterocycles. The maximum atomic E-state index is 11.8. The number of fused-ring (bicyclic) bond motifs is 3. The number of hydrogen-bond acceptors (Lipinski definition) is 4. The summed E-state index contributed by atoms with van der Waals surface area (Å²) >= 11 is 0. The number of rotatable bonds is 0. The fourth-order valence-corrected chi connectivity index (χ4v) is 1.96. The van der Waals surface area contributed by atoms with Gasteiger partial charge in [0, 0.05) is 0 Å². The Morgan fingerprint density at radius 2 is 1.61 bits per heavy atom. The third-order valence-electron chi connectivity index (χ3n) is 3.01. The van der Waals surface area contributed by atoms with Crippen LogP contribution in [0.25, 0.3) is 21.8 Å². The molecule has 90 valence electrons. The molecule has 6 nitrogen and oxygen atoms in total. The number of hydrogen-bond donors (Lipinski definition) is 2. The summed E-state index contributed by atoms with van der Waals surface area (Å²) in [5.41, 5.74) is 1.92. The highest BCUT2D eigenvalue weighted by atomic mass is 16.1. The molecule has 3 rings (SSSR count). The zero-order chi connectivity index (χ0) is 12.9. The molecule has 0 unspecified atom stereocenters. The second-order valence-electron chi connectivity index (χ2n) is 4.16. The third kappa shape index (κ3) is 1.35. The maximum absolute atomic E-state index is 11.8. The minimum Gasteiger partial charge on any atom is -0.267 e. The molecule has 0 spiro atoms. The lowest BCUT2D eigenvalue weighted by Gasteiger charge is -2.04. The van der Waals surface area contributed by atoms with Crippen LogP contribution in [0, 0.1) is 13.8 Å². The van der Waals surface area contributed by atoms with Crippen LogP contribution in [0.5, 0.6) is 0 Å². The van der Waals surface area contributed by atoms with Crippen LogP contribution in [0.3, 0.4) is 0 Å². The number of aromatic amines is 2. The van der Waals surface area contributed by atoms with Gasteiger partial charge in [-0.1, -0.05) is 0 Å². The van der Waals surface area contributed by atoms with Crippen molar-refractivity contribution in [2.75, 3.05) is 0 Å². The molecule has 2 N–H and O–H groups in total. The molecular weight excluding hydrogens is 232 g/mol. The van der Waals surface area contributed by atoms with Gasteiger partial charge in [0.25, 0.3) is 11.1 Å². The van der Waals surface area contributed by atoms with Crippen LogP contribution in [0.2, 0.25) is 0 Å². The summed E-state index contributed by atoms with van der Waals surface area (Å²) in [6.45, 7) is 3.68. The van der Waals surface area contributed by atoms with Crippen molar-refractivity contribution in [3.05, 3.63) is 44.2 Å². The van der Waals surface area contributed by atoms with Crippen molar-refractivity contribution in [3.63, 3.8) is 0 Å². The zero-order valence-electron chi connectivity index (χ0n) is 9.87. The first-order valence-corrected chi connectivity index (χ1v) is 5.46. The molecular formula is C12H10N4O2. The molecule has 2 aromatic heterocycles. The molecule has 0 aliphatic carbocycles. The van der Waals surface area contributed by atoms with E-state index in [0.29, 0.717) is 16.4 Å². The smallest absolute Gasteiger partial charge is 0.267 e. The monoisotopic (exact) mass is 242 g/mol. The van der Waals surface area contributed by atoms with Gasteiger partial charge in [-0.2, -0.15) is 0 Å². The van der Waals surface area contributed by atoms with E-state index >= 15 is 0 Å². The van der Waals surface area contributed by atoms with Crippen molar-refractivity contribution in [1.29, 1.82) is 0 Å². The zero-order valence-corrected chi connectivity index (χ0v) is 9.87. The van der Waals surface area contributed by atoms with Crippen LogP contribution >= 0.6 is 0 Å². The Labute approximate surface area is 101 Å². The molecule has 0 aliphatic heterocycles. The molecule has 0 atom stereocenters. The number of aromatic nitrogens is 4. The molecule has 0 radical (unpaired) electrons. The first kappa shape index (κ1) is 10.6. The number of nitrogens with zero attached hydrogens (tertiary/aromatic N) is 2. The molecule has 6 heteroatoms. The van der Waals surface area contributed by atoms with Crippen LogP contribution in [-0.2, 0) is 0 Å². The predicted octanol–water partition coefficient (Wildman–Crippen LogP) is 0.776. The minimum atomic E-state index is -0.368. The van der Waals surface area contributed by atoms with Gasteiger partial charge in [0.05, 0.1) is 27.7 Å². The Kier molecular flexibility index (Phi) is 2.07. The van der Waals surface area contributed by atoms with E-state index in [-0.39, 0.29) is 16.5 Å². The average molecular weight is 242 g/mol. The van der Waals surface area contributed by atoms with Gasteiger partial charge in [0.15, 0.2) is 0 Å². The number of benzene rings is 1. The third-order valence-corrected chi connectivity index (χ3v) is 3.01. The Hall–Kier alpha value is -2.50. The van der Waals surface area contributed by atoms with Crippen LogP contribution in [0.1, 0.15) is 11.4 Å². The minimum absolute atomic E-state index is 0.284. The quantitative estimate of drug-likeness (QED) is 0.570. The summed E-state index contributed by atoms with van der Waals surface area (Å²) < 4.78 is 0. The lowest BCUT2D eigenvalue weighted by Crippen LogP contribution is -2.19. The molecule has 3 aromatic rings. The van der Waals surface area contributed by atoms with Gasteiger partial charge in [-0.3, -0.25) is 19.8 Å². The van der Waals surface area contributed by atoms with Gasteiger partial charge in [-0.05, 0) is 26.0 Å². The summed E-state index contributed by atoms with van der Waals surface area (Å²) in [5, 5.41) is 5.21. The molecule has 0 bridgehead atoms. The standard InChI is InChI=1S/C12H10N4O2/c1-5-6(2)14-10-8(13-5)4-3-7-9(10)12(18)16-15-11(7)17/h3-4H,1-2H3,(H,15,17)(H,16,18). The van der Waals surface area contributed by atoms with Crippen molar-refractivity contribution in [1.82, 2.24) is 20.2 Å². The first-order valence-electron chi connectivity index (χ1n) is 5.46. The van der Waals surface area contributed by atoms with Crippen molar-refractivity contribution in [3.8, 4) is 0 Å². The molecule has 0 fully saturated rings. The van der Waals surface area contributed by atoms with Crippen LogP contribution in [-0.4, -0.2) is 20.2 Å². The Morgan fingerprint density at radius 3 is 2.39 bits per heavy atom. The van der Waals surface area contributed by atoms with E-state index in [2.05, 4.69) is 20.2 Å². The number of aryl methyl sites for hydroxylation is 2. The number of nitrogens with one attached hydrogen (secondary N) is 2. The summed E-state index contributed by atoms with van der Waals surface area (Å²) in [7, 11) is 0. The largest absolute Gasteiger partial charge is 0.272 e. The summed E-state index contributed by atoms with van der Waals surface area (Å²) in [6, 6.07) is 3.29. The van der Waals surface area contributed by atoms with E-state index in [1.165, 1.54) is 0 Å². The van der Waals surface area contributed by atoms with Crippen molar-refractivity contribution in [2.45, 2.75) is 13.8 Å². The van der Waals surface area contributed by atoms with E-state index in [9.17, 15) is 9.59 Å². The van der Waals surface area contributed by atoms with Gasteiger partial charge in [-0.15, -0.1) is 0 Å². The fourth-order valence-electron chi connectivity index (χ4n) is 1.96. The van der Waals surface area contributed by atoms with Crippen molar-refractivity contribution in [2.24, 2.45) is 0 Å². The second kappa shape index (κ2) is 3.49. The highest BCUT2D eigenvalue weighted by molar-refractivity contribution is 6.02. The summed E-state index contributed by atoms with van der Waals surface area (Å²) in [5.74, 6) is 0. The normalized spacial score (nSPS) is 11.2. The van der Waals surface area contributed by atoms with Crippen LogP contribution < -0.4 is 11.1 Å². The van der Waals surface area contributed by atoms with Gasteiger partial charge in [0.1, 0.15) is 5.52 Å². The molecule has 0 amide bonds. The fraction of sp³-hybridized carbons (Fsp3) is 0.167. The number of H-pyrrole nitrogens is 2. The Balaban J connectivity index is 2.69. The summed E-state index contributed by atoms with van der Waals surface area (Å²) in [6.07, 6.45) is 0. The SMILES string of the molecule is Cc1nc2ccc3c(=O)[nH][nH]c(=O)c3c2nc1C. The van der Waals surface area contributed by atoms with E-state index in [1.54, 1.807) is 12.1 Å². The van der Waals surface area contributed by atoms with Gasteiger partial charge in [0.2, 0.25) is 0 Å². The molecule has 1 aromatic carbocycles.